The fraction of sp³-hybridized carbons (Fsp3) is 0.769. The van der Waals surface area contributed by atoms with E-state index < -0.39 is 23.8 Å². The Balaban J connectivity index is 3.06. The third kappa shape index (κ3) is 9.28. The van der Waals surface area contributed by atoms with E-state index in [1.165, 1.54) is 57.9 Å². The number of ether oxygens (including phenoxy) is 1. The molecule has 1 rings (SSSR count). The molecule has 0 aromatic rings. The number of hydrogen-bond donors (Lipinski definition) is 0. The third-order valence-electron chi connectivity index (χ3n) is 6.70. The second kappa shape index (κ2) is 15.3. The monoisotopic (exact) mass is 526 g/mol. The van der Waals surface area contributed by atoms with Crippen molar-refractivity contribution in [3.8, 4) is 0 Å². The van der Waals surface area contributed by atoms with Gasteiger partial charge < -0.3 is 0 Å². The fourth-order valence-electron chi connectivity index (χ4n) is 4.72. The van der Waals surface area contributed by atoms with Gasteiger partial charge in [0, 0.05) is 0 Å². The van der Waals surface area contributed by atoms with E-state index in [1.807, 2.05) is 13.0 Å². The molecule has 172 valence electrons. The van der Waals surface area contributed by atoms with Gasteiger partial charge in [-0.2, -0.15) is 0 Å². The molecule has 3 nitrogen and oxygen atoms in total. The van der Waals surface area contributed by atoms with Crippen LogP contribution in [0.1, 0.15) is 98.3 Å². The number of rotatable bonds is 15. The van der Waals surface area contributed by atoms with Gasteiger partial charge in [-0.05, 0) is 0 Å². The second-order valence-corrected chi connectivity index (χ2v) is 22.2. The Morgan fingerprint density at radius 3 is 2.10 bits per heavy atom. The van der Waals surface area contributed by atoms with Crippen molar-refractivity contribution >= 4 is 30.1 Å². The number of carbonyl (C=O) groups excluding carboxylic acids is 2. The first-order valence-corrected chi connectivity index (χ1v) is 20.2. The number of ketones is 1. The van der Waals surface area contributed by atoms with Gasteiger partial charge in [0.1, 0.15) is 0 Å². The summed E-state index contributed by atoms with van der Waals surface area (Å²) in [5.41, 5.74) is -0.501. The molecule has 30 heavy (non-hydrogen) atoms. The van der Waals surface area contributed by atoms with Gasteiger partial charge in [-0.15, -0.1) is 0 Å². The van der Waals surface area contributed by atoms with Crippen LogP contribution >= 0.6 is 0 Å². The van der Waals surface area contributed by atoms with Crippen molar-refractivity contribution in [3.05, 3.63) is 22.3 Å². The van der Waals surface area contributed by atoms with Crippen molar-refractivity contribution in [1.82, 2.24) is 0 Å². The second-order valence-electron chi connectivity index (χ2n) is 9.15. The van der Waals surface area contributed by atoms with Gasteiger partial charge in [-0.25, -0.2) is 0 Å². The summed E-state index contributed by atoms with van der Waals surface area (Å²) in [6.07, 6.45) is 17.9. The number of allylic oxidation sites excluding steroid dienone is 2. The predicted octanol–water partition coefficient (Wildman–Crippen LogP) is 7.57. The summed E-state index contributed by atoms with van der Waals surface area (Å²) >= 11 is -2.34. The van der Waals surface area contributed by atoms with Gasteiger partial charge in [0.05, 0.1) is 0 Å². The van der Waals surface area contributed by atoms with Crippen LogP contribution in [-0.2, 0) is 14.3 Å². The normalized spacial score (nSPS) is 20.3. The molecule has 0 radical (unpaired) electrons. The average Bonchev–Trinajstić information content (AvgIpc) is 2.75. The number of Topliss-reactive ketones (excluding diaryl/α,β-unsaturated/α-hetero) is 1. The molecule has 0 heterocycles. The van der Waals surface area contributed by atoms with E-state index in [0.29, 0.717) is 18.8 Å². The summed E-state index contributed by atoms with van der Waals surface area (Å²) in [6, 6.07) is 0. The maximum atomic E-state index is 12.9. The molecule has 0 aliphatic heterocycles. The summed E-state index contributed by atoms with van der Waals surface area (Å²) in [7, 11) is 0. The van der Waals surface area contributed by atoms with Gasteiger partial charge in [-0.3, -0.25) is 0 Å². The molecule has 0 saturated heterocycles. The SMILES string of the molecule is CCC[CH2][Sn](/[CH]=C/C[C@]1(/C=C/C(=O)OCC)CCCCC1=O)([CH2]CCC)[CH2]CCC. The molecule has 0 N–H and O–H groups in total. The Bertz CT molecular complexity index is 545. The molecule has 0 unspecified atom stereocenters. The van der Waals surface area contributed by atoms with Crippen LogP contribution in [0.4, 0.5) is 0 Å². The van der Waals surface area contributed by atoms with E-state index in [0.717, 1.165) is 25.7 Å². The predicted molar refractivity (Wildman–Crippen MR) is 130 cm³/mol. The molecule has 0 amide bonds. The van der Waals surface area contributed by atoms with Gasteiger partial charge in [-0.1, -0.05) is 0 Å². The molecule has 1 atom stereocenters. The van der Waals surface area contributed by atoms with Crippen LogP contribution in [0.2, 0.25) is 13.3 Å². The zero-order valence-corrected chi connectivity index (χ0v) is 23.0. The zero-order chi connectivity index (χ0) is 22.3. The van der Waals surface area contributed by atoms with Crippen LogP contribution in [-0.4, -0.2) is 36.7 Å². The first kappa shape index (κ1) is 27.5. The summed E-state index contributed by atoms with van der Waals surface area (Å²) in [6.45, 7) is 9.08. The van der Waals surface area contributed by atoms with Crippen LogP contribution in [0.5, 0.6) is 0 Å². The van der Waals surface area contributed by atoms with Crippen molar-refractivity contribution in [2.45, 2.75) is 112 Å². The van der Waals surface area contributed by atoms with E-state index in [9.17, 15) is 9.59 Å². The van der Waals surface area contributed by atoms with Crippen molar-refractivity contribution < 1.29 is 14.3 Å². The zero-order valence-electron chi connectivity index (χ0n) is 20.1. The van der Waals surface area contributed by atoms with E-state index in [-0.39, 0.29) is 5.97 Å². The standard InChI is InChI=1S/C14H19O3.3C4H9.Sn/c1-3-9-14(10-6-5-7-12(14)15)11-8-13(16)17-4-2;3*1-3-4-2;/h1,3,8,11H,4-7,9-10H2,2H3;3*1,3-4H2,2H3;/b3-1?,11-8+;;;;/t14-;;;;/m1..../s1. The summed E-state index contributed by atoms with van der Waals surface area (Å²) < 4.78 is 12.1. The minimum absolute atomic E-state index is 0.301. The van der Waals surface area contributed by atoms with Crippen LogP contribution in [0.15, 0.2) is 22.3 Å². The molecule has 0 aromatic heterocycles. The van der Waals surface area contributed by atoms with E-state index in [1.54, 1.807) is 0 Å². The van der Waals surface area contributed by atoms with Crippen molar-refractivity contribution in [2.75, 3.05) is 6.61 Å². The number of esters is 1. The van der Waals surface area contributed by atoms with Crippen molar-refractivity contribution in [1.29, 1.82) is 0 Å². The van der Waals surface area contributed by atoms with Crippen LogP contribution in [0.3, 0.4) is 0 Å². The van der Waals surface area contributed by atoms with Crippen LogP contribution < -0.4 is 0 Å². The van der Waals surface area contributed by atoms with E-state index in [4.69, 9.17) is 4.74 Å². The van der Waals surface area contributed by atoms with E-state index in [2.05, 4.69) is 30.9 Å². The molecule has 0 aromatic carbocycles. The fourth-order valence-corrected chi connectivity index (χ4v) is 19.1. The Hall–Kier alpha value is -0.581. The molecule has 1 saturated carbocycles. The number of hydrogen-bond acceptors (Lipinski definition) is 3. The molecular weight excluding hydrogens is 479 g/mol. The number of carbonyl (C=O) groups is 2. The Labute approximate surface area is 190 Å². The number of unbranched alkanes of at least 4 members (excludes halogenated alkanes) is 3. The van der Waals surface area contributed by atoms with Gasteiger partial charge >= 0.3 is 190 Å². The van der Waals surface area contributed by atoms with E-state index >= 15 is 0 Å². The topological polar surface area (TPSA) is 43.4 Å². The molecule has 1 aliphatic rings. The average molecular weight is 525 g/mol. The van der Waals surface area contributed by atoms with Gasteiger partial charge in [0.2, 0.25) is 0 Å². The van der Waals surface area contributed by atoms with Crippen LogP contribution in [0.25, 0.3) is 0 Å². The Kier molecular flexibility index (Phi) is 14.0. The molecule has 1 fully saturated rings. The molecule has 4 heteroatoms. The van der Waals surface area contributed by atoms with Crippen LogP contribution in [0, 0.1) is 5.41 Å². The quantitative estimate of drug-likeness (QED) is 0.126. The molecule has 0 spiro atoms. The Morgan fingerprint density at radius 1 is 1.00 bits per heavy atom. The molecule has 1 aliphatic carbocycles. The summed E-state index contributed by atoms with van der Waals surface area (Å²) in [4.78, 5) is 24.8. The first-order chi connectivity index (χ1) is 14.5. The first-order valence-electron chi connectivity index (χ1n) is 12.5. The van der Waals surface area contributed by atoms with Crippen molar-refractivity contribution in [2.24, 2.45) is 5.41 Å². The Morgan fingerprint density at radius 2 is 1.60 bits per heavy atom. The molecular formula is C26H46O3Sn. The minimum atomic E-state index is -2.34. The summed E-state index contributed by atoms with van der Waals surface area (Å²) in [5.74, 6) is -0.0305. The maximum absolute atomic E-state index is 12.9. The van der Waals surface area contributed by atoms with Crippen molar-refractivity contribution in [3.63, 3.8) is 0 Å². The van der Waals surface area contributed by atoms with Gasteiger partial charge in [0.25, 0.3) is 0 Å². The third-order valence-corrected chi connectivity index (χ3v) is 20.9. The molecule has 0 bridgehead atoms. The summed E-state index contributed by atoms with van der Waals surface area (Å²) in [5, 5.41) is 0. The van der Waals surface area contributed by atoms with Gasteiger partial charge in [0.15, 0.2) is 0 Å².